The molecule has 2 amide bonds. The van der Waals surface area contributed by atoms with Gasteiger partial charge in [-0.1, -0.05) is 35.9 Å². The summed E-state index contributed by atoms with van der Waals surface area (Å²) in [6, 6.07) is 14.9. The highest BCUT2D eigenvalue weighted by atomic mass is 35.5. The zero-order valence-corrected chi connectivity index (χ0v) is 18.8. The summed E-state index contributed by atoms with van der Waals surface area (Å²) >= 11 is 7.37. The lowest BCUT2D eigenvalue weighted by Gasteiger charge is -2.07. The van der Waals surface area contributed by atoms with Crippen LogP contribution in [-0.4, -0.2) is 34.7 Å². The van der Waals surface area contributed by atoms with Crippen molar-refractivity contribution in [2.24, 2.45) is 0 Å². The molecule has 2 aromatic heterocycles. The first-order valence-corrected chi connectivity index (χ1v) is 11.1. The molecule has 0 radical (unpaired) electrons. The Balaban J connectivity index is 1.37. The van der Waals surface area contributed by atoms with Gasteiger partial charge in [-0.25, -0.2) is 4.39 Å². The van der Waals surface area contributed by atoms with Gasteiger partial charge in [-0.05, 0) is 42.8 Å². The summed E-state index contributed by atoms with van der Waals surface area (Å²) in [5.74, 6) is -0.789. The molecule has 0 atom stereocenters. The van der Waals surface area contributed by atoms with E-state index in [0.29, 0.717) is 22.0 Å². The topological polar surface area (TPSA) is 76.0 Å². The number of nitrogens with one attached hydrogen (secondary N) is 2. The molecular formula is C23H20ClFN4O2S. The van der Waals surface area contributed by atoms with E-state index < -0.39 is 0 Å². The van der Waals surface area contributed by atoms with E-state index in [1.807, 2.05) is 17.7 Å². The zero-order valence-electron chi connectivity index (χ0n) is 17.2. The highest BCUT2D eigenvalue weighted by Gasteiger charge is 2.16. The van der Waals surface area contributed by atoms with Gasteiger partial charge in [0.05, 0.1) is 27.7 Å². The third-order valence-electron chi connectivity index (χ3n) is 4.89. The fourth-order valence-corrected chi connectivity index (χ4v) is 4.57. The number of hydrogen-bond donors (Lipinski definition) is 2. The molecule has 0 aliphatic carbocycles. The Morgan fingerprint density at radius 2 is 1.75 bits per heavy atom. The van der Waals surface area contributed by atoms with Crippen LogP contribution < -0.4 is 10.6 Å². The van der Waals surface area contributed by atoms with Crippen LogP contribution in [0.1, 0.15) is 31.3 Å². The number of benzene rings is 2. The molecule has 9 heteroatoms. The summed E-state index contributed by atoms with van der Waals surface area (Å²) in [6.45, 7) is 2.93. The number of amides is 2. The maximum absolute atomic E-state index is 13.2. The van der Waals surface area contributed by atoms with Crippen LogP contribution >= 0.6 is 22.9 Å². The van der Waals surface area contributed by atoms with Crippen molar-refractivity contribution in [2.75, 3.05) is 13.1 Å². The monoisotopic (exact) mass is 470 g/mol. The van der Waals surface area contributed by atoms with Crippen molar-refractivity contribution in [2.45, 2.75) is 13.5 Å². The number of carbonyl (C=O) groups excluding carboxylic acids is 2. The Kier molecular flexibility index (Phi) is 6.53. The molecule has 0 fully saturated rings. The third-order valence-corrected chi connectivity index (χ3v) is 6.37. The smallest absolute Gasteiger partial charge is 0.261 e. The first-order valence-electron chi connectivity index (χ1n) is 9.94. The molecule has 0 saturated carbocycles. The molecular weight excluding hydrogens is 451 g/mol. The van der Waals surface area contributed by atoms with Gasteiger partial charge < -0.3 is 10.6 Å². The number of aromatic nitrogens is 2. The minimum Gasteiger partial charge on any atom is -0.350 e. The Bertz CT molecular complexity index is 1280. The van der Waals surface area contributed by atoms with E-state index in [0.717, 1.165) is 21.5 Å². The second kappa shape index (κ2) is 9.50. The fourth-order valence-electron chi connectivity index (χ4n) is 3.27. The number of thiophene rings is 1. The largest absolute Gasteiger partial charge is 0.350 e. The van der Waals surface area contributed by atoms with Crippen LogP contribution in [0.25, 0.3) is 10.2 Å². The van der Waals surface area contributed by atoms with Crippen molar-refractivity contribution in [1.29, 1.82) is 0 Å². The average molecular weight is 471 g/mol. The van der Waals surface area contributed by atoms with Crippen LogP contribution in [-0.2, 0) is 6.54 Å². The number of nitrogens with zero attached hydrogens (tertiary/aromatic N) is 2. The standard InChI is InChI=1S/C23H20ClFN4O2S/c1-14-18-12-20(32-23(18)29(28-14)13-15-6-8-16(25)9-7-15)22(31)27-11-10-26-21(30)17-4-2-3-5-19(17)24/h2-9,12H,10-11,13H2,1H3,(H,26,30)(H,27,31). The molecule has 2 heterocycles. The molecule has 4 rings (SSSR count). The quantitative estimate of drug-likeness (QED) is 0.393. The predicted octanol–water partition coefficient (Wildman–Crippen LogP) is 4.41. The highest BCUT2D eigenvalue weighted by molar-refractivity contribution is 7.20. The normalized spacial score (nSPS) is 11.0. The van der Waals surface area contributed by atoms with Crippen molar-refractivity contribution in [3.05, 3.63) is 87.1 Å². The van der Waals surface area contributed by atoms with E-state index in [4.69, 9.17) is 11.6 Å². The van der Waals surface area contributed by atoms with Gasteiger partial charge in [0.1, 0.15) is 10.6 Å². The van der Waals surface area contributed by atoms with E-state index in [9.17, 15) is 14.0 Å². The minimum atomic E-state index is -0.289. The molecule has 2 aromatic carbocycles. The Morgan fingerprint density at radius 3 is 2.47 bits per heavy atom. The van der Waals surface area contributed by atoms with E-state index in [1.165, 1.54) is 23.5 Å². The van der Waals surface area contributed by atoms with Gasteiger partial charge in [-0.2, -0.15) is 5.10 Å². The number of halogens is 2. The van der Waals surface area contributed by atoms with Gasteiger partial charge >= 0.3 is 0 Å². The van der Waals surface area contributed by atoms with Gasteiger partial charge in [0.15, 0.2) is 0 Å². The first kappa shape index (κ1) is 22.0. The van der Waals surface area contributed by atoms with E-state index in [-0.39, 0.29) is 30.7 Å². The summed E-state index contributed by atoms with van der Waals surface area (Å²) < 4.78 is 15.0. The number of rotatable bonds is 7. The van der Waals surface area contributed by atoms with Crippen molar-refractivity contribution in [3.63, 3.8) is 0 Å². The molecule has 164 valence electrons. The molecule has 0 unspecified atom stereocenters. The first-order chi connectivity index (χ1) is 15.4. The van der Waals surface area contributed by atoms with Crippen LogP contribution in [0.3, 0.4) is 0 Å². The zero-order chi connectivity index (χ0) is 22.7. The highest BCUT2D eigenvalue weighted by Crippen LogP contribution is 2.29. The lowest BCUT2D eigenvalue weighted by atomic mass is 10.2. The maximum atomic E-state index is 13.2. The van der Waals surface area contributed by atoms with Gasteiger partial charge in [0.2, 0.25) is 0 Å². The van der Waals surface area contributed by atoms with E-state index in [1.54, 1.807) is 36.4 Å². The Labute approximate surface area is 193 Å². The summed E-state index contributed by atoms with van der Waals surface area (Å²) in [6.07, 6.45) is 0. The van der Waals surface area contributed by atoms with Crippen LogP contribution in [0.2, 0.25) is 5.02 Å². The minimum absolute atomic E-state index is 0.217. The Morgan fingerprint density at radius 1 is 1.06 bits per heavy atom. The molecule has 0 aliphatic rings. The molecule has 32 heavy (non-hydrogen) atoms. The van der Waals surface area contributed by atoms with Crippen LogP contribution in [0.4, 0.5) is 4.39 Å². The summed E-state index contributed by atoms with van der Waals surface area (Å²) in [5.41, 5.74) is 2.14. The van der Waals surface area contributed by atoms with Gasteiger partial charge in [-0.15, -0.1) is 11.3 Å². The SMILES string of the molecule is Cc1nn(Cc2ccc(F)cc2)c2sc(C(=O)NCCNC(=O)c3ccccc3Cl)cc12. The van der Waals surface area contributed by atoms with Crippen molar-refractivity contribution >= 4 is 45.0 Å². The van der Waals surface area contributed by atoms with E-state index >= 15 is 0 Å². The number of hydrogen-bond acceptors (Lipinski definition) is 4. The lowest BCUT2D eigenvalue weighted by Crippen LogP contribution is -2.34. The van der Waals surface area contributed by atoms with Crippen LogP contribution in [0.5, 0.6) is 0 Å². The molecule has 0 aliphatic heterocycles. The summed E-state index contributed by atoms with van der Waals surface area (Å²) in [7, 11) is 0. The molecule has 2 N–H and O–H groups in total. The van der Waals surface area contributed by atoms with Crippen LogP contribution in [0, 0.1) is 12.7 Å². The molecule has 0 saturated heterocycles. The molecule has 6 nitrogen and oxygen atoms in total. The lowest BCUT2D eigenvalue weighted by molar-refractivity contribution is 0.0929. The molecule has 0 bridgehead atoms. The van der Waals surface area contributed by atoms with Crippen molar-refractivity contribution < 1.29 is 14.0 Å². The summed E-state index contributed by atoms with van der Waals surface area (Å²) in [5, 5.41) is 11.4. The summed E-state index contributed by atoms with van der Waals surface area (Å²) in [4.78, 5) is 26.2. The van der Waals surface area contributed by atoms with Crippen LogP contribution in [0.15, 0.2) is 54.6 Å². The average Bonchev–Trinajstić information content (AvgIpc) is 3.34. The van der Waals surface area contributed by atoms with Gasteiger partial charge in [-0.3, -0.25) is 14.3 Å². The molecule has 4 aromatic rings. The number of carbonyl (C=O) groups is 2. The third kappa shape index (κ3) is 4.81. The van der Waals surface area contributed by atoms with E-state index in [2.05, 4.69) is 15.7 Å². The number of aryl methyl sites for hydroxylation is 1. The maximum Gasteiger partial charge on any atom is 0.261 e. The van der Waals surface area contributed by atoms with Crippen molar-refractivity contribution in [1.82, 2.24) is 20.4 Å². The Hall–Kier alpha value is -3.23. The van der Waals surface area contributed by atoms with Gasteiger partial charge in [0.25, 0.3) is 11.8 Å². The predicted molar refractivity (Wildman–Crippen MR) is 124 cm³/mol. The second-order valence-electron chi connectivity index (χ2n) is 7.19. The molecule has 0 spiro atoms. The van der Waals surface area contributed by atoms with Gasteiger partial charge in [0, 0.05) is 18.5 Å². The fraction of sp³-hybridized carbons (Fsp3) is 0.174. The second-order valence-corrected chi connectivity index (χ2v) is 8.63. The van der Waals surface area contributed by atoms with Crippen molar-refractivity contribution in [3.8, 4) is 0 Å². The number of fused-ring (bicyclic) bond motifs is 1.